The largest absolute Gasteiger partial charge is 0.469 e. The minimum atomic E-state index is -5.14. The first-order valence-electron chi connectivity index (χ1n) is 25.3. The zero-order valence-corrected chi connectivity index (χ0v) is 44.4. The van der Waals surface area contributed by atoms with Crippen molar-refractivity contribution < 1.29 is 73.6 Å². The molecule has 1 aliphatic carbocycles. The highest BCUT2D eigenvalue weighted by Crippen LogP contribution is 2.45. The van der Waals surface area contributed by atoms with Crippen molar-refractivity contribution in [3.63, 3.8) is 0 Å². The number of anilines is 1. The number of hydrazine groups is 1. The molecule has 430 valence electrons. The van der Waals surface area contributed by atoms with Crippen LogP contribution in [0.1, 0.15) is 74.8 Å². The van der Waals surface area contributed by atoms with E-state index in [1.165, 1.54) is 24.4 Å². The lowest BCUT2D eigenvalue weighted by atomic mass is 9.75. The lowest BCUT2D eigenvalue weighted by Gasteiger charge is -2.44. The maximum atomic E-state index is 16.1. The smallest absolute Gasteiger partial charge is 0.407 e. The Hall–Kier alpha value is -6.88. The number of carbonyl (C=O) groups excluding carboxylic acids is 4. The topological polar surface area (TPSA) is 213 Å². The van der Waals surface area contributed by atoms with E-state index in [-0.39, 0.29) is 23.3 Å². The summed E-state index contributed by atoms with van der Waals surface area (Å²) < 4.78 is 134. The number of halogens is 8. The van der Waals surface area contributed by atoms with Crippen LogP contribution in [0.4, 0.5) is 45.7 Å². The van der Waals surface area contributed by atoms with Crippen molar-refractivity contribution in [2.75, 3.05) is 65.1 Å². The average molecular weight is 1120 g/mol. The van der Waals surface area contributed by atoms with Gasteiger partial charge < -0.3 is 40.6 Å². The first kappa shape index (κ1) is 61.3. The number of aliphatic hydroxyl groups excluding tert-OH is 1. The molecule has 3 aromatic rings. The van der Waals surface area contributed by atoms with E-state index < -0.39 is 114 Å². The van der Waals surface area contributed by atoms with Crippen molar-refractivity contribution in [1.29, 1.82) is 0 Å². The number of nitrogens with one attached hydrogen (secondary N) is 3. The normalized spacial score (nSPS) is 18.2. The number of nitrogens with zero attached hydrogens (tertiary/aromatic N) is 5. The SMILES string of the molecule is COC(=O)C[C@H](C(=O)NN(Cc1c(F)cc(C(N)=CC=NC2CC2)cc1F)C[C@H](O)[C@H](Cc1ccc(C#Cc2ccc(N3CCN4CCOC[C@H]4C3)nc2)cc1)NC(=O)[C@@H](NC(=O)OC)C(C)(C)C(F)(F)F)C(C)(C)C(F)(F)F. The lowest BCUT2D eigenvalue weighted by molar-refractivity contribution is -0.231. The maximum absolute atomic E-state index is 16.1. The van der Waals surface area contributed by atoms with E-state index in [0.29, 0.717) is 62.6 Å². The molecule has 5 atom stereocenters. The molecule has 2 aliphatic heterocycles. The van der Waals surface area contributed by atoms with Crippen LogP contribution in [0, 0.1) is 40.2 Å². The Kier molecular flexibility index (Phi) is 20.1. The van der Waals surface area contributed by atoms with Gasteiger partial charge in [-0.1, -0.05) is 37.8 Å². The van der Waals surface area contributed by atoms with Crippen molar-refractivity contribution in [3.8, 4) is 11.8 Å². The Bertz CT molecular complexity index is 2740. The minimum absolute atomic E-state index is 0.0933. The predicted molar refractivity (Wildman–Crippen MR) is 274 cm³/mol. The molecule has 17 nitrogen and oxygen atoms in total. The van der Waals surface area contributed by atoms with Crippen molar-refractivity contribution in [3.05, 3.63) is 100 Å². The molecule has 6 rings (SSSR count). The number of pyridine rings is 1. The van der Waals surface area contributed by atoms with Gasteiger partial charge in [-0.05, 0) is 81.1 Å². The summed E-state index contributed by atoms with van der Waals surface area (Å²) >= 11 is 0. The van der Waals surface area contributed by atoms with Gasteiger partial charge in [-0.2, -0.15) is 26.3 Å². The lowest BCUT2D eigenvalue weighted by Crippen LogP contribution is -2.62. The summed E-state index contributed by atoms with van der Waals surface area (Å²) in [5.74, 6) is -2.20. The minimum Gasteiger partial charge on any atom is -0.469 e. The molecule has 3 amide bonds. The number of allylic oxidation sites excluding steroid dienone is 1. The van der Waals surface area contributed by atoms with Crippen molar-refractivity contribution in [2.45, 2.75) is 103 Å². The van der Waals surface area contributed by atoms with E-state index in [0.717, 1.165) is 71.2 Å². The second-order valence-electron chi connectivity index (χ2n) is 20.7. The second-order valence-corrected chi connectivity index (χ2v) is 20.7. The van der Waals surface area contributed by atoms with Crippen LogP contribution in [0.3, 0.4) is 0 Å². The number of fused-ring (bicyclic) bond motifs is 1. The molecular formula is C54H65F8N9O8. The Morgan fingerprint density at radius 2 is 1.54 bits per heavy atom. The number of nitrogens with two attached hydrogens (primary N) is 1. The second kappa shape index (κ2) is 25.9. The van der Waals surface area contributed by atoms with Gasteiger partial charge in [-0.15, -0.1) is 0 Å². The number of piperazine rings is 1. The fourth-order valence-corrected chi connectivity index (χ4v) is 8.72. The van der Waals surface area contributed by atoms with Gasteiger partial charge in [0.05, 0.1) is 74.8 Å². The number of rotatable bonds is 20. The quantitative estimate of drug-likeness (QED) is 0.0297. The zero-order valence-electron chi connectivity index (χ0n) is 44.4. The number of hydrogen-bond acceptors (Lipinski definition) is 14. The van der Waals surface area contributed by atoms with Gasteiger partial charge >= 0.3 is 24.4 Å². The van der Waals surface area contributed by atoms with E-state index in [4.69, 9.17) is 10.5 Å². The number of hydrogen-bond donors (Lipinski definition) is 5. The van der Waals surface area contributed by atoms with Gasteiger partial charge in [0.2, 0.25) is 11.8 Å². The van der Waals surface area contributed by atoms with Crippen molar-refractivity contribution >= 4 is 41.6 Å². The Labute approximate surface area is 452 Å². The highest BCUT2D eigenvalue weighted by atomic mass is 19.4. The molecule has 79 heavy (non-hydrogen) atoms. The number of methoxy groups -OCH3 is 2. The summed E-state index contributed by atoms with van der Waals surface area (Å²) in [6.45, 7) is 5.17. The number of alkyl halides is 6. The number of amides is 3. The van der Waals surface area contributed by atoms with Gasteiger partial charge in [-0.25, -0.2) is 23.6 Å². The highest BCUT2D eigenvalue weighted by Gasteiger charge is 2.57. The Morgan fingerprint density at radius 1 is 0.899 bits per heavy atom. The van der Waals surface area contributed by atoms with Gasteiger partial charge in [0.1, 0.15) is 23.5 Å². The Balaban J connectivity index is 1.32. The van der Waals surface area contributed by atoms with E-state index in [1.54, 1.807) is 18.3 Å². The van der Waals surface area contributed by atoms with E-state index in [2.05, 4.69) is 51.8 Å². The van der Waals surface area contributed by atoms with Gasteiger partial charge in [0.25, 0.3) is 0 Å². The molecule has 2 saturated heterocycles. The third-order valence-corrected chi connectivity index (χ3v) is 14.3. The number of esters is 1. The van der Waals surface area contributed by atoms with Crippen LogP contribution < -0.4 is 26.7 Å². The van der Waals surface area contributed by atoms with Crippen LogP contribution in [-0.2, 0) is 41.6 Å². The fraction of sp³-hybridized carbons (Fsp3) is 0.519. The molecule has 0 unspecified atom stereocenters. The standard InChI is InChI=1S/C54H65F8N9O8/c1-51(2,53(57,58)59)39(26-46(73)77-5)48(74)68-71(29-38-40(55)24-35(25-41(38)56)42(63)17-18-64-36-14-15-36)30-44(72)43(66-49(75)47(67-50(76)78-6)52(3,4)54(60,61)62)23-33-10-7-32(8-11-33)9-12-34-13-16-45(65-27-34)70-20-19-69-21-22-79-31-37(69)28-70/h7-8,10-11,13,16-18,24-25,27,36-37,39,43-44,47,72H,14-15,19-23,26,28-31,63H2,1-6H3,(H,66,75)(H,67,76)(H,68,74)/t37-,39-,43+,44+,47-/m1/s1. The summed E-state index contributed by atoms with van der Waals surface area (Å²) in [5, 5.41) is 17.0. The molecule has 0 radical (unpaired) electrons. The van der Waals surface area contributed by atoms with Crippen LogP contribution in [0.25, 0.3) is 5.70 Å². The average Bonchev–Trinajstić information content (AvgIpc) is 4.31. The molecule has 25 heteroatoms. The zero-order chi connectivity index (χ0) is 58.0. The van der Waals surface area contributed by atoms with Crippen molar-refractivity contribution in [1.82, 2.24) is 31.0 Å². The molecular weight excluding hydrogens is 1050 g/mol. The third-order valence-electron chi connectivity index (χ3n) is 14.3. The first-order chi connectivity index (χ1) is 37.1. The number of aliphatic hydroxyl groups is 1. The molecule has 1 saturated carbocycles. The molecule has 1 aromatic heterocycles. The number of ether oxygens (including phenoxy) is 3. The molecule has 3 heterocycles. The van der Waals surface area contributed by atoms with Crippen LogP contribution in [0.15, 0.2) is 65.8 Å². The van der Waals surface area contributed by atoms with E-state index >= 15 is 8.78 Å². The van der Waals surface area contributed by atoms with Crippen LogP contribution in [-0.4, -0.2) is 153 Å². The number of aromatic nitrogens is 1. The van der Waals surface area contributed by atoms with Crippen LogP contribution in [0.5, 0.6) is 0 Å². The van der Waals surface area contributed by atoms with E-state index in [9.17, 15) is 50.6 Å². The highest BCUT2D eigenvalue weighted by molar-refractivity contribution is 5.87. The summed E-state index contributed by atoms with van der Waals surface area (Å²) in [4.78, 5) is 66.5. The van der Waals surface area contributed by atoms with Crippen molar-refractivity contribution in [2.24, 2.45) is 27.5 Å². The summed E-state index contributed by atoms with van der Waals surface area (Å²) in [6, 6.07) is 7.82. The molecule has 3 aliphatic rings. The summed E-state index contributed by atoms with van der Waals surface area (Å²) in [7, 11) is 1.72. The van der Waals surface area contributed by atoms with Gasteiger partial charge in [0, 0.05) is 79.6 Å². The number of alkyl carbamates (subject to hydrolysis) is 1. The molecule has 6 N–H and O–H groups in total. The summed E-state index contributed by atoms with van der Waals surface area (Å²) in [6.07, 6.45) is -9.26. The van der Waals surface area contributed by atoms with Crippen LogP contribution >= 0.6 is 0 Å². The van der Waals surface area contributed by atoms with Gasteiger partial charge in [0.15, 0.2) is 0 Å². The molecule has 0 spiro atoms. The van der Waals surface area contributed by atoms with Crippen LogP contribution in [0.2, 0.25) is 0 Å². The predicted octanol–water partition coefficient (Wildman–Crippen LogP) is 5.82. The molecule has 2 aromatic carbocycles. The van der Waals surface area contributed by atoms with E-state index in [1.807, 2.05) is 17.4 Å². The Morgan fingerprint density at radius 3 is 2.14 bits per heavy atom. The fourth-order valence-electron chi connectivity index (χ4n) is 8.72. The molecule has 0 bridgehead atoms. The number of benzene rings is 2. The molecule has 3 fully saturated rings. The van der Waals surface area contributed by atoms with Gasteiger partial charge in [-0.3, -0.25) is 29.7 Å². The number of aliphatic imine (C=N–C) groups is 1. The monoisotopic (exact) mass is 1120 g/mol. The number of morpholine rings is 1. The summed E-state index contributed by atoms with van der Waals surface area (Å²) in [5.41, 5.74) is 2.64. The first-order valence-corrected chi connectivity index (χ1v) is 25.3. The third kappa shape index (κ3) is 16.1. The number of carbonyl (C=O) groups is 4. The maximum Gasteiger partial charge on any atom is 0.407 e.